The highest BCUT2D eigenvalue weighted by atomic mass is 79.9. The zero-order valence-electron chi connectivity index (χ0n) is 20.2. The molecule has 2 aromatic rings. The van der Waals surface area contributed by atoms with Crippen molar-refractivity contribution in [2.45, 2.75) is 64.7 Å². The molecule has 0 bridgehead atoms. The van der Waals surface area contributed by atoms with E-state index in [2.05, 4.69) is 38.8 Å². The van der Waals surface area contributed by atoms with Crippen molar-refractivity contribution in [2.75, 3.05) is 17.2 Å². The summed E-state index contributed by atoms with van der Waals surface area (Å²) in [6.07, 6.45) is 9.87. The van der Waals surface area contributed by atoms with Gasteiger partial charge in [-0.25, -0.2) is 0 Å². The van der Waals surface area contributed by atoms with Crippen LogP contribution in [0.4, 0.5) is 11.4 Å². The number of hydrogen-bond acceptors (Lipinski definition) is 4. The summed E-state index contributed by atoms with van der Waals surface area (Å²) in [6.45, 7) is 2.83. The van der Waals surface area contributed by atoms with Crippen LogP contribution in [0.15, 0.2) is 46.9 Å². The van der Waals surface area contributed by atoms with Gasteiger partial charge in [0, 0.05) is 22.9 Å². The van der Waals surface area contributed by atoms with Crippen molar-refractivity contribution < 1.29 is 14.3 Å². The van der Waals surface area contributed by atoms with Gasteiger partial charge < -0.3 is 15.4 Å². The third kappa shape index (κ3) is 8.93. The molecule has 0 aromatic heterocycles. The quantitative estimate of drug-likeness (QED) is 0.214. The maximum atomic E-state index is 12.7. The van der Waals surface area contributed by atoms with Gasteiger partial charge in [0.05, 0.1) is 11.1 Å². The number of anilines is 2. The van der Waals surface area contributed by atoms with E-state index in [9.17, 15) is 9.59 Å². The smallest absolute Gasteiger partial charge is 0.257 e. The van der Waals surface area contributed by atoms with Crippen molar-refractivity contribution in [2.24, 2.45) is 5.92 Å². The van der Waals surface area contributed by atoms with Crippen LogP contribution in [0.5, 0.6) is 5.75 Å². The van der Waals surface area contributed by atoms with E-state index in [4.69, 9.17) is 17.0 Å². The van der Waals surface area contributed by atoms with Crippen LogP contribution in [-0.4, -0.2) is 23.5 Å². The summed E-state index contributed by atoms with van der Waals surface area (Å²) in [5.74, 6) is 0.542. The molecule has 2 aromatic carbocycles. The zero-order chi connectivity index (χ0) is 25.0. The minimum Gasteiger partial charge on any atom is -0.492 e. The van der Waals surface area contributed by atoms with E-state index < -0.39 is 0 Å². The SMILES string of the molecule is CCCCCCOc1ccc(C(=O)NC(=S)Nc2cccc(NC(=O)C3CCCCC3)c2)cc1Br. The number of amides is 2. The van der Waals surface area contributed by atoms with Crippen LogP contribution in [0.1, 0.15) is 75.1 Å². The lowest BCUT2D eigenvalue weighted by molar-refractivity contribution is -0.120. The molecule has 6 nitrogen and oxygen atoms in total. The van der Waals surface area contributed by atoms with Gasteiger partial charge in [0.25, 0.3) is 5.91 Å². The Morgan fingerprint density at radius 1 is 1.00 bits per heavy atom. The molecule has 3 N–H and O–H groups in total. The standard InChI is InChI=1S/C27H34BrN3O3S/c1-2-3-4-8-16-34-24-15-14-20(17-23(24)28)26(33)31-27(35)30-22-13-9-12-21(18-22)29-25(32)19-10-6-5-7-11-19/h9,12-15,17-19H,2-8,10-11,16H2,1H3,(H,29,32)(H2,30,31,33,35). The second-order valence-corrected chi connectivity index (χ2v) is 10.1. The third-order valence-corrected chi connectivity index (χ3v) is 6.86. The second-order valence-electron chi connectivity index (χ2n) is 8.87. The van der Waals surface area contributed by atoms with Gasteiger partial charge in [-0.2, -0.15) is 0 Å². The molecule has 0 heterocycles. The van der Waals surface area contributed by atoms with E-state index in [0.29, 0.717) is 29.3 Å². The number of unbranched alkanes of at least 4 members (excludes halogenated alkanes) is 3. The predicted molar refractivity (Wildman–Crippen MR) is 149 cm³/mol. The highest BCUT2D eigenvalue weighted by molar-refractivity contribution is 9.10. The maximum absolute atomic E-state index is 12.7. The van der Waals surface area contributed by atoms with Gasteiger partial charge in [-0.05, 0) is 83.8 Å². The monoisotopic (exact) mass is 559 g/mol. The van der Waals surface area contributed by atoms with Crippen molar-refractivity contribution in [3.05, 3.63) is 52.5 Å². The molecule has 0 aliphatic heterocycles. The zero-order valence-corrected chi connectivity index (χ0v) is 22.6. The third-order valence-electron chi connectivity index (χ3n) is 6.04. The Morgan fingerprint density at radius 2 is 1.74 bits per heavy atom. The van der Waals surface area contributed by atoms with E-state index in [0.717, 1.165) is 43.0 Å². The average molecular weight is 561 g/mol. The van der Waals surface area contributed by atoms with Crippen molar-refractivity contribution >= 4 is 56.4 Å². The lowest BCUT2D eigenvalue weighted by atomic mass is 9.88. The largest absolute Gasteiger partial charge is 0.492 e. The lowest BCUT2D eigenvalue weighted by Crippen LogP contribution is -2.34. The summed E-state index contributed by atoms with van der Waals surface area (Å²) in [5.41, 5.74) is 1.85. The van der Waals surface area contributed by atoms with E-state index in [-0.39, 0.29) is 22.8 Å². The van der Waals surface area contributed by atoms with Gasteiger partial charge >= 0.3 is 0 Å². The molecule has 35 heavy (non-hydrogen) atoms. The molecule has 0 atom stereocenters. The van der Waals surface area contributed by atoms with Crippen LogP contribution in [0.3, 0.4) is 0 Å². The molecule has 0 radical (unpaired) electrons. The molecule has 0 spiro atoms. The van der Waals surface area contributed by atoms with E-state index in [1.165, 1.54) is 19.3 Å². The molecule has 1 aliphatic carbocycles. The summed E-state index contributed by atoms with van der Waals surface area (Å²) in [4.78, 5) is 25.2. The topological polar surface area (TPSA) is 79.5 Å². The van der Waals surface area contributed by atoms with Crippen LogP contribution in [0, 0.1) is 5.92 Å². The number of thiocarbonyl (C=S) groups is 1. The highest BCUT2D eigenvalue weighted by Crippen LogP contribution is 2.27. The number of rotatable bonds is 10. The summed E-state index contributed by atoms with van der Waals surface area (Å²) in [6, 6.07) is 12.5. The molecular formula is C27H34BrN3O3S. The Hall–Kier alpha value is -2.45. The lowest BCUT2D eigenvalue weighted by Gasteiger charge is -2.21. The van der Waals surface area contributed by atoms with Crippen LogP contribution >= 0.6 is 28.1 Å². The Kier molecular flexibility index (Phi) is 11.0. The number of carbonyl (C=O) groups excluding carboxylic acids is 2. The molecule has 0 saturated heterocycles. The van der Waals surface area contributed by atoms with Crippen LogP contribution in [-0.2, 0) is 4.79 Å². The van der Waals surface area contributed by atoms with Crippen molar-refractivity contribution in [1.82, 2.24) is 5.32 Å². The summed E-state index contributed by atoms with van der Waals surface area (Å²) in [7, 11) is 0. The van der Waals surface area contributed by atoms with E-state index in [1.807, 2.05) is 24.3 Å². The summed E-state index contributed by atoms with van der Waals surface area (Å²) < 4.78 is 6.53. The number of carbonyl (C=O) groups is 2. The molecular weight excluding hydrogens is 526 g/mol. The van der Waals surface area contributed by atoms with Gasteiger partial charge in [-0.15, -0.1) is 0 Å². The molecule has 8 heteroatoms. The van der Waals surface area contributed by atoms with Crippen LogP contribution < -0.4 is 20.7 Å². The number of benzene rings is 2. The molecule has 0 unspecified atom stereocenters. The molecule has 188 valence electrons. The molecule has 3 rings (SSSR count). The van der Waals surface area contributed by atoms with Crippen molar-refractivity contribution in [1.29, 1.82) is 0 Å². The van der Waals surface area contributed by atoms with Gasteiger partial charge in [0.1, 0.15) is 5.75 Å². The van der Waals surface area contributed by atoms with Gasteiger partial charge in [0.15, 0.2) is 5.11 Å². The fourth-order valence-corrected chi connectivity index (χ4v) is 4.80. The summed E-state index contributed by atoms with van der Waals surface area (Å²) >= 11 is 8.82. The van der Waals surface area contributed by atoms with Gasteiger partial charge in [-0.1, -0.05) is 51.5 Å². The molecule has 1 aliphatic rings. The molecule has 1 saturated carbocycles. The van der Waals surface area contributed by atoms with Crippen LogP contribution in [0.25, 0.3) is 0 Å². The first-order valence-corrected chi connectivity index (χ1v) is 13.6. The maximum Gasteiger partial charge on any atom is 0.257 e. The number of nitrogens with one attached hydrogen (secondary N) is 3. The van der Waals surface area contributed by atoms with Crippen LogP contribution in [0.2, 0.25) is 0 Å². The second kappa shape index (κ2) is 14.2. The number of hydrogen-bond donors (Lipinski definition) is 3. The minimum absolute atomic E-state index is 0.0664. The van der Waals surface area contributed by atoms with Crippen molar-refractivity contribution in [3.8, 4) is 5.75 Å². The normalized spacial score (nSPS) is 13.7. The van der Waals surface area contributed by atoms with Gasteiger partial charge in [-0.3, -0.25) is 14.9 Å². The Bertz CT molecular complexity index is 1020. The Balaban J connectivity index is 1.50. The highest BCUT2D eigenvalue weighted by Gasteiger charge is 2.21. The van der Waals surface area contributed by atoms with Crippen molar-refractivity contribution in [3.63, 3.8) is 0 Å². The van der Waals surface area contributed by atoms with E-state index in [1.54, 1.807) is 18.2 Å². The average Bonchev–Trinajstić information content (AvgIpc) is 2.85. The predicted octanol–water partition coefficient (Wildman–Crippen LogP) is 7.05. The van der Waals surface area contributed by atoms with Gasteiger partial charge in [0.2, 0.25) is 5.91 Å². The Labute approximate surface area is 221 Å². The fraction of sp³-hybridized carbons (Fsp3) is 0.444. The minimum atomic E-state index is -0.320. The molecule has 1 fully saturated rings. The first-order valence-electron chi connectivity index (χ1n) is 12.4. The molecule has 2 amide bonds. The number of ether oxygens (including phenoxy) is 1. The number of halogens is 1. The Morgan fingerprint density at radius 3 is 2.46 bits per heavy atom. The van der Waals surface area contributed by atoms with E-state index >= 15 is 0 Å². The summed E-state index contributed by atoms with van der Waals surface area (Å²) in [5, 5.41) is 8.90. The fourth-order valence-electron chi connectivity index (χ4n) is 4.09. The first-order chi connectivity index (χ1) is 17.0. The first kappa shape index (κ1) is 27.1.